The predicted octanol–water partition coefficient (Wildman–Crippen LogP) is 2.91. The summed E-state index contributed by atoms with van der Waals surface area (Å²) in [7, 11) is 0. The van der Waals surface area contributed by atoms with Gasteiger partial charge in [0.2, 0.25) is 11.8 Å². The SMILES string of the molecule is O=C(NCC(=O)N1[C@H]2CC[C@H]1CC(Oc1ccccn1)C2)OCc1ccccc1. The Morgan fingerprint density at radius 2 is 1.76 bits per heavy atom. The monoisotopic (exact) mass is 395 g/mol. The number of aromatic nitrogens is 1. The van der Waals surface area contributed by atoms with E-state index in [1.165, 1.54) is 0 Å². The van der Waals surface area contributed by atoms with Crippen LogP contribution < -0.4 is 10.1 Å². The average molecular weight is 395 g/mol. The summed E-state index contributed by atoms with van der Waals surface area (Å²) in [5.41, 5.74) is 0.905. The highest BCUT2D eigenvalue weighted by Crippen LogP contribution is 2.37. The van der Waals surface area contributed by atoms with Gasteiger partial charge in [-0.3, -0.25) is 4.79 Å². The van der Waals surface area contributed by atoms with E-state index in [9.17, 15) is 9.59 Å². The van der Waals surface area contributed by atoms with Gasteiger partial charge in [-0.25, -0.2) is 9.78 Å². The van der Waals surface area contributed by atoms with Crippen molar-refractivity contribution in [1.29, 1.82) is 0 Å². The second-order valence-corrected chi connectivity index (χ2v) is 7.48. The van der Waals surface area contributed by atoms with Crippen LogP contribution in [0.5, 0.6) is 5.88 Å². The van der Waals surface area contributed by atoms with Crippen molar-refractivity contribution < 1.29 is 19.1 Å². The molecule has 2 fully saturated rings. The highest BCUT2D eigenvalue weighted by molar-refractivity contribution is 5.83. The Bertz CT molecular complexity index is 816. The third-order valence-electron chi connectivity index (χ3n) is 5.50. The van der Waals surface area contributed by atoms with Crippen LogP contribution in [0.1, 0.15) is 31.2 Å². The number of benzene rings is 1. The van der Waals surface area contributed by atoms with E-state index in [1.807, 2.05) is 53.4 Å². The van der Waals surface area contributed by atoms with Gasteiger partial charge in [0.15, 0.2) is 0 Å². The lowest BCUT2D eigenvalue weighted by molar-refractivity contribution is -0.136. The maximum atomic E-state index is 12.7. The van der Waals surface area contributed by atoms with Crippen molar-refractivity contribution >= 4 is 12.0 Å². The summed E-state index contributed by atoms with van der Waals surface area (Å²) >= 11 is 0. The van der Waals surface area contributed by atoms with Crippen molar-refractivity contribution in [2.75, 3.05) is 6.54 Å². The number of amides is 2. The standard InChI is InChI=1S/C22H25N3O4/c26-21(14-24-22(27)28-15-16-6-2-1-3-7-16)25-17-9-10-18(25)13-19(12-17)29-20-8-4-5-11-23-20/h1-8,11,17-19H,9-10,12-15H2,(H,24,27)/t17-,18-/m0/s1. The summed E-state index contributed by atoms with van der Waals surface area (Å²) < 4.78 is 11.2. The van der Waals surface area contributed by atoms with Crippen LogP contribution >= 0.6 is 0 Å². The molecule has 0 saturated carbocycles. The molecule has 3 heterocycles. The predicted molar refractivity (Wildman–Crippen MR) is 106 cm³/mol. The molecule has 2 aliphatic heterocycles. The van der Waals surface area contributed by atoms with E-state index in [0.29, 0.717) is 5.88 Å². The Morgan fingerprint density at radius 3 is 2.45 bits per heavy atom. The van der Waals surface area contributed by atoms with Crippen molar-refractivity contribution in [1.82, 2.24) is 15.2 Å². The van der Waals surface area contributed by atoms with Crippen molar-refractivity contribution in [3.05, 3.63) is 60.3 Å². The van der Waals surface area contributed by atoms with Crippen LogP contribution in [-0.2, 0) is 16.1 Å². The van der Waals surface area contributed by atoms with E-state index < -0.39 is 6.09 Å². The Kier molecular flexibility index (Phi) is 5.93. The molecule has 7 heteroatoms. The summed E-state index contributed by atoms with van der Waals surface area (Å²) in [5, 5.41) is 2.58. The van der Waals surface area contributed by atoms with Gasteiger partial charge in [-0.05, 0) is 24.5 Å². The van der Waals surface area contributed by atoms with Crippen LogP contribution in [0.4, 0.5) is 4.79 Å². The fourth-order valence-corrected chi connectivity index (χ4v) is 4.23. The number of rotatable bonds is 6. The Hall–Kier alpha value is -3.09. The molecular formula is C22H25N3O4. The number of alkyl carbamates (subject to hydrolysis) is 1. The molecule has 0 spiro atoms. The number of hydrogen-bond acceptors (Lipinski definition) is 5. The zero-order valence-electron chi connectivity index (χ0n) is 16.2. The largest absolute Gasteiger partial charge is 0.474 e. The number of hydrogen-bond donors (Lipinski definition) is 1. The number of ether oxygens (including phenoxy) is 2. The number of piperidine rings is 1. The van der Waals surface area contributed by atoms with Gasteiger partial charge in [0, 0.05) is 37.2 Å². The van der Waals surface area contributed by atoms with E-state index in [4.69, 9.17) is 9.47 Å². The summed E-state index contributed by atoms with van der Waals surface area (Å²) in [6.07, 6.45) is 4.71. The van der Waals surface area contributed by atoms with E-state index >= 15 is 0 Å². The lowest BCUT2D eigenvalue weighted by atomic mass is 9.99. The smallest absolute Gasteiger partial charge is 0.407 e. The molecule has 0 unspecified atom stereocenters. The molecule has 4 rings (SSSR count). The molecule has 2 aliphatic rings. The number of carbonyl (C=O) groups excluding carboxylic acids is 2. The summed E-state index contributed by atoms with van der Waals surface area (Å²) in [6.45, 7) is 0.134. The minimum absolute atomic E-state index is 0.0492. The van der Waals surface area contributed by atoms with Gasteiger partial charge >= 0.3 is 6.09 Å². The molecular weight excluding hydrogens is 370 g/mol. The first kappa shape index (κ1) is 19.2. The fraction of sp³-hybridized carbons (Fsp3) is 0.409. The summed E-state index contributed by atoms with van der Waals surface area (Å²) in [4.78, 5) is 30.8. The lowest BCUT2D eigenvalue weighted by Crippen LogP contribution is -2.52. The molecule has 152 valence electrons. The van der Waals surface area contributed by atoms with Crippen molar-refractivity contribution in [3.63, 3.8) is 0 Å². The van der Waals surface area contributed by atoms with Crippen molar-refractivity contribution in [3.8, 4) is 5.88 Å². The molecule has 7 nitrogen and oxygen atoms in total. The van der Waals surface area contributed by atoms with E-state index in [2.05, 4.69) is 10.3 Å². The molecule has 1 aromatic carbocycles. The highest BCUT2D eigenvalue weighted by atomic mass is 16.5. The van der Waals surface area contributed by atoms with Gasteiger partial charge in [0.05, 0.1) is 0 Å². The topological polar surface area (TPSA) is 80.8 Å². The average Bonchev–Trinajstić information content (AvgIpc) is 3.02. The zero-order chi connectivity index (χ0) is 20.1. The Morgan fingerprint density at radius 1 is 1.03 bits per heavy atom. The summed E-state index contributed by atoms with van der Waals surface area (Å²) in [5.74, 6) is 0.560. The van der Waals surface area contributed by atoms with Crippen LogP contribution in [0.3, 0.4) is 0 Å². The normalized spacial score (nSPS) is 22.8. The Labute approximate surface area is 170 Å². The molecule has 29 heavy (non-hydrogen) atoms. The molecule has 2 saturated heterocycles. The van der Waals surface area contributed by atoms with Gasteiger partial charge in [-0.1, -0.05) is 36.4 Å². The fourth-order valence-electron chi connectivity index (χ4n) is 4.23. The van der Waals surface area contributed by atoms with E-state index in [0.717, 1.165) is 31.2 Å². The van der Waals surface area contributed by atoms with Crippen molar-refractivity contribution in [2.45, 2.75) is 50.5 Å². The van der Waals surface area contributed by atoms with Crippen LogP contribution in [-0.4, -0.2) is 46.6 Å². The van der Waals surface area contributed by atoms with Gasteiger partial charge in [-0.2, -0.15) is 0 Å². The third kappa shape index (κ3) is 4.85. The second-order valence-electron chi connectivity index (χ2n) is 7.48. The quantitative estimate of drug-likeness (QED) is 0.813. The number of pyridine rings is 1. The number of carbonyl (C=O) groups is 2. The molecule has 1 N–H and O–H groups in total. The maximum Gasteiger partial charge on any atom is 0.407 e. The molecule has 2 amide bonds. The first-order chi connectivity index (χ1) is 14.2. The van der Waals surface area contributed by atoms with Crippen LogP contribution in [0.15, 0.2) is 54.7 Å². The van der Waals surface area contributed by atoms with Gasteiger partial charge < -0.3 is 19.7 Å². The minimum atomic E-state index is -0.581. The number of nitrogens with zero attached hydrogens (tertiary/aromatic N) is 2. The van der Waals surface area contributed by atoms with E-state index in [1.54, 1.807) is 6.20 Å². The number of nitrogens with one attached hydrogen (secondary N) is 1. The Balaban J connectivity index is 1.24. The molecule has 2 aromatic rings. The highest BCUT2D eigenvalue weighted by Gasteiger charge is 2.43. The van der Waals surface area contributed by atoms with Crippen LogP contribution in [0, 0.1) is 0 Å². The van der Waals surface area contributed by atoms with Gasteiger partial charge in [0.1, 0.15) is 19.3 Å². The van der Waals surface area contributed by atoms with Crippen LogP contribution in [0.25, 0.3) is 0 Å². The third-order valence-corrected chi connectivity index (χ3v) is 5.50. The second kappa shape index (κ2) is 8.94. The molecule has 2 bridgehead atoms. The maximum absolute atomic E-state index is 12.7. The molecule has 0 radical (unpaired) electrons. The van der Waals surface area contributed by atoms with E-state index in [-0.39, 0.29) is 37.2 Å². The first-order valence-corrected chi connectivity index (χ1v) is 10.0. The lowest BCUT2D eigenvalue weighted by Gasteiger charge is -2.38. The van der Waals surface area contributed by atoms with Gasteiger partial charge in [0.25, 0.3) is 0 Å². The van der Waals surface area contributed by atoms with Gasteiger partial charge in [-0.15, -0.1) is 0 Å². The molecule has 0 aliphatic carbocycles. The minimum Gasteiger partial charge on any atom is -0.474 e. The molecule has 1 aromatic heterocycles. The van der Waals surface area contributed by atoms with Crippen molar-refractivity contribution in [2.24, 2.45) is 0 Å². The summed E-state index contributed by atoms with van der Waals surface area (Å²) in [6, 6.07) is 15.3. The number of fused-ring (bicyclic) bond motifs is 2. The molecule has 2 atom stereocenters. The zero-order valence-corrected chi connectivity index (χ0v) is 16.2. The first-order valence-electron chi connectivity index (χ1n) is 10.0. The van der Waals surface area contributed by atoms with Crippen LogP contribution in [0.2, 0.25) is 0 Å².